The van der Waals surface area contributed by atoms with Crippen molar-refractivity contribution in [2.75, 3.05) is 24.5 Å². The maximum atomic E-state index is 7.63. The van der Waals surface area contributed by atoms with Crippen LogP contribution in [0.3, 0.4) is 0 Å². The van der Waals surface area contributed by atoms with E-state index in [0.29, 0.717) is 6.04 Å². The van der Waals surface area contributed by atoms with Crippen LogP contribution in [0.4, 0.5) is 5.69 Å². The van der Waals surface area contributed by atoms with Crippen LogP contribution in [-0.2, 0) is 10.8 Å². The first kappa shape index (κ1) is 24.4. The van der Waals surface area contributed by atoms with Crippen molar-refractivity contribution in [1.82, 2.24) is 5.32 Å². The first-order chi connectivity index (χ1) is 17.9. The average Bonchev–Trinajstić information content (AvgIpc) is 3.26. The van der Waals surface area contributed by atoms with Crippen molar-refractivity contribution in [3.8, 4) is 0 Å². The molecule has 0 aromatic heterocycles. The third-order valence-electron chi connectivity index (χ3n) is 8.33. The van der Waals surface area contributed by atoms with E-state index in [1.54, 1.807) is 0 Å². The molecule has 1 fully saturated rings. The van der Waals surface area contributed by atoms with Crippen molar-refractivity contribution in [3.63, 3.8) is 0 Å². The number of piperazine rings is 1. The largest absolute Gasteiger partial charge is 0.400 e. The molecule has 0 saturated carbocycles. The van der Waals surface area contributed by atoms with Crippen LogP contribution in [0.1, 0.15) is 44.9 Å². The Morgan fingerprint density at radius 1 is 0.838 bits per heavy atom. The molecule has 4 aromatic rings. The number of hydrogen-bond acceptors (Lipinski definition) is 3. The standard InChI is InChI=1S/C33H38N2OSi/c1-24-23-35(21-20-34-24)30-19-18-25-22-31(29-17-11-16-28(30)32(25)29)36-37(33(2,3)4,26-12-7-5-8-13-26)27-14-9-6-10-15-27/h5-19,24,31,34H,20-23H2,1-4H3/t24-,31?/m1/s1. The Balaban J connectivity index is 1.48. The maximum absolute atomic E-state index is 7.63. The summed E-state index contributed by atoms with van der Waals surface area (Å²) in [6.07, 6.45) is 0.973. The molecule has 6 rings (SSSR count). The number of nitrogens with one attached hydrogen (secondary N) is 1. The normalized spacial score (nSPS) is 19.9. The lowest BCUT2D eigenvalue weighted by atomic mass is 10.0. The van der Waals surface area contributed by atoms with Gasteiger partial charge in [-0.05, 0) is 44.9 Å². The van der Waals surface area contributed by atoms with Gasteiger partial charge in [-0.2, -0.15) is 0 Å². The third-order valence-corrected chi connectivity index (χ3v) is 13.4. The van der Waals surface area contributed by atoms with E-state index in [2.05, 4.69) is 129 Å². The summed E-state index contributed by atoms with van der Waals surface area (Å²) in [5.74, 6) is 0. The van der Waals surface area contributed by atoms with Gasteiger partial charge in [-0.25, -0.2) is 0 Å². The predicted molar refractivity (Wildman–Crippen MR) is 159 cm³/mol. The van der Waals surface area contributed by atoms with Crippen molar-refractivity contribution < 1.29 is 4.43 Å². The highest BCUT2D eigenvalue weighted by Gasteiger charge is 2.52. The van der Waals surface area contributed by atoms with Crippen LogP contribution in [-0.4, -0.2) is 34.0 Å². The van der Waals surface area contributed by atoms with E-state index in [-0.39, 0.29) is 11.1 Å². The molecule has 0 amide bonds. The molecule has 37 heavy (non-hydrogen) atoms. The lowest BCUT2D eigenvalue weighted by Gasteiger charge is -2.44. The summed E-state index contributed by atoms with van der Waals surface area (Å²) < 4.78 is 7.63. The minimum Gasteiger partial charge on any atom is -0.400 e. The fraction of sp³-hybridized carbons (Fsp3) is 0.333. The van der Waals surface area contributed by atoms with Crippen LogP contribution in [0.25, 0.3) is 10.8 Å². The second-order valence-corrected chi connectivity index (χ2v) is 16.0. The molecule has 1 aliphatic carbocycles. The molecule has 3 nitrogen and oxygen atoms in total. The Morgan fingerprint density at radius 3 is 2.14 bits per heavy atom. The highest BCUT2D eigenvalue weighted by Crippen LogP contribution is 2.46. The van der Waals surface area contributed by atoms with E-state index in [1.165, 1.54) is 38.0 Å². The van der Waals surface area contributed by atoms with Gasteiger partial charge >= 0.3 is 0 Å². The third kappa shape index (κ3) is 4.12. The van der Waals surface area contributed by atoms with E-state index in [1.807, 2.05) is 0 Å². The van der Waals surface area contributed by atoms with E-state index in [4.69, 9.17) is 4.43 Å². The molecule has 0 radical (unpaired) electrons. The van der Waals surface area contributed by atoms with Gasteiger partial charge in [-0.1, -0.05) is 106 Å². The van der Waals surface area contributed by atoms with Gasteiger partial charge in [0.1, 0.15) is 0 Å². The Hall–Kier alpha value is -2.92. The van der Waals surface area contributed by atoms with Crippen molar-refractivity contribution in [1.29, 1.82) is 0 Å². The highest BCUT2D eigenvalue weighted by molar-refractivity contribution is 6.99. The topological polar surface area (TPSA) is 24.5 Å². The van der Waals surface area contributed by atoms with Crippen LogP contribution < -0.4 is 20.6 Å². The number of nitrogens with zero attached hydrogens (tertiary/aromatic N) is 1. The SMILES string of the molecule is C[C@@H]1CN(c2ccc3c4c(cccc24)C(O[Si](c2ccccc2)(c2ccccc2)C(C)(C)C)C3)CCN1. The Morgan fingerprint density at radius 2 is 1.51 bits per heavy atom. The minimum absolute atomic E-state index is 0.0412. The number of rotatable bonds is 5. The highest BCUT2D eigenvalue weighted by atomic mass is 28.4. The zero-order chi connectivity index (χ0) is 25.6. The van der Waals surface area contributed by atoms with Gasteiger partial charge in [0, 0.05) is 43.2 Å². The molecule has 2 atom stereocenters. The molecular weight excluding hydrogens is 468 g/mol. The number of benzene rings is 4. The summed E-state index contributed by atoms with van der Waals surface area (Å²) in [5.41, 5.74) is 4.13. The lowest BCUT2D eigenvalue weighted by Crippen LogP contribution is -2.66. The molecule has 0 bridgehead atoms. The molecule has 4 heteroatoms. The second-order valence-electron chi connectivity index (χ2n) is 11.8. The zero-order valence-corrected chi connectivity index (χ0v) is 23.5. The quantitative estimate of drug-likeness (QED) is 0.346. The Kier molecular flexibility index (Phi) is 6.22. The molecule has 1 N–H and O–H groups in total. The van der Waals surface area contributed by atoms with Gasteiger partial charge in [0.25, 0.3) is 8.32 Å². The molecule has 1 unspecified atom stereocenters. The van der Waals surface area contributed by atoms with Gasteiger partial charge in [-0.15, -0.1) is 0 Å². The monoisotopic (exact) mass is 506 g/mol. The lowest BCUT2D eigenvalue weighted by molar-refractivity contribution is 0.198. The zero-order valence-electron chi connectivity index (χ0n) is 22.5. The van der Waals surface area contributed by atoms with Gasteiger partial charge in [0.05, 0.1) is 6.10 Å². The van der Waals surface area contributed by atoms with Gasteiger partial charge in [0.15, 0.2) is 0 Å². The second kappa shape index (κ2) is 9.43. The summed E-state index contributed by atoms with van der Waals surface area (Å²) in [7, 11) is -2.64. The summed E-state index contributed by atoms with van der Waals surface area (Å²) in [6.45, 7) is 12.5. The van der Waals surface area contributed by atoms with Crippen molar-refractivity contribution >= 4 is 35.2 Å². The first-order valence-corrected chi connectivity index (χ1v) is 15.6. The van der Waals surface area contributed by atoms with Crippen molar-refractivity contribution in [3.05, 3.63) is 102 Å². The number of anilines is 1. The van der Waals surface area contributed by atoms with E-state index in [9.17, 15) is 0 Å². The van der Waals surface area contributed by atoms with Gasteiger partial charge in [-0.3, -0.25) is 0 Å². The molecule has 1 heterocycles. The fourth-order valence-corrected chi connectivity index (χ4v) is 11.3. The minimum atomic E-state index is -2.64. The van der Waals surface area contributed by atoms with Crippen LogP contribution in [0, 0.1) is 0 Å². The smallest absolute Gasteiger partial charge is 0.261 e. The maximum Gasteiger partial charge on any atom is 0.261 e. The summed E-state index contributed by atoms with van der Waals surface area (Å²) in [6, 6.07) is 34.1. The first-order valence-electron chi connectivity index (χ1n) is 13.7. The van der Waals surface area contributed by atoms with Crippen LogP contribution >= 0.6 is 0 Å². The molecule has 1 saturated heterocycles. The molecule has 4 aromatic carbocycles. The average molecular weight is 507 g/mol. The molecule has 0 spiro atoms. The van der Waals surface area contributed by atoms with Crippen LogP contribution in [0.15, 0.2) is 91.0 Å². The summed E-state index contributed by atoms with van der Waals surface area (Å²) in [5, 5.41) is 9.01. The van der Waals surface area contributed by atoms with E-state index < -0.39 is 8.32 Å². The Labute approximate surface area is 222 Å². The molecule has 190 valence electrons. The summed E-state index contributed by atoms with van der Waals surface area (Å²) >= 11 is 0. The molecule has 2 aliphatic rings. The van der Waals surface area contributed by atoms with Crippen LogP contribution in [0.2, 0.25) is 5.04 Å². The number of hydrogen-bond donors (Lipinski definition) is 1. The van der Waals surface area contributed by atoms with Gasteiger partial charge in [0.2, 0.25) is 0 Å². The predicted octanol–water partition coefficient (Wildman–Crippen LogP) is 5.81. The van der Waals surface area contributed by atoms with Crippen molar-refractivity contribution in [2.24, 2.45) is 0 Å². The van der Waals surface area contributed by atoms with Crippen LogP contribution in [0.5, 0.6) is 0 Å². The molecular formula is C33H38N2OSi. The fourth-order valence-electron chi connectivity index (χ4n) is 6.68. The van der Waals surface area contributed by atoms with E-state index in [0.717, 1.165) is 26.1 Å². The Bertz CT molecular complexity index is 1360. The van der Waals surface area contributed by atoms with Gasteiger partial charge < -0.3 is 14.6 Å². The summed E-state index contributed by atoms with van der Waals surface area (Å²) in [4.78, 5) is 2.56. The van der Waals surface area contributed by atoms with E-state index >= 15 is 0 Å². The molecule has 1 aliphatic heterocycles. The van der Waals surface area contributed by atoms with Crippen molar-refractivity contribution in [2.45, 2.75) is 51.3 Å².